The Kier molecular flexibility index (Phi) is 5.52. The van der Waals surface area contributed by atoms with E-state index >= 15 is 0 Å². The molecule has 0 saturated heterocycles. The monoisotopic (exact) mass is 403 g/mol. The Bertz CT molecular complexity index is 1230. The summed E-state index contributed by atoms with van der Waals surface area (Å²) in [6.45, 7) is 5.60. The number of benzene rings is 2. The third kappa shape index (κ3) is 3.91. The second-order valence-electron chi connectivity index (χ2n) is 7.26. The van der Waals surface area contributed by atoms with Gasteiger partial charge in [-0.15, -0.1) is 0 Å². The van der Waals surface area contributed by atoms with Gasteiger partial charge in [0.2, 0.25) is 5.91 Å². The van der Waals surface area contributed by atoms with Crippen LogP contribution in [0.3, 0.4) is 0 Å². The molecule has 2 aromatic carbocycles. The van der Waals surface area contributed by atoms with Crippen LogP contribution in [-0.2, 0) is 24.4 Å². The Balaban J connectivity index is 1.40. The van der Waals surface area contributed by atoms with Crippen LogP contribution in [0.25, 0.3) is 11.0 Å². The molecular formula is C23H25N5O2. The normalized spacial score (nSPS) is 11.1. The van der Waals surface area contributed by atoms with E-state index in [1.807, 2.05) is 68.6 Å². The summed E-state index contributed by atoms with van der Waals surface area (Å²) < 4.78 is 5.47. The van der Waals surface area contributed by atoms with Crippen molar-refractivity contribution in [3.63, 3.8) is 0 Å². The number of para-hydroxylation sites is 2. The Morgan fingerprint density at radius 3 is 2.37 bits per heavy atom. The number of nitrogens with zero attached hydrogens (tertiary/aromatic N) is 4. The van der Waals surface area contributed by atoms with E-state index in [4.69, 9.17) is 0 Å². The van der Waals surface area contributed by atoms with Gasteiger partial charge >= 0.3 is 5.69 Å². The molecule has 0 aliphatic rings. The number of imidazole rings is 2. The lowest BCUT2D eigenvalue weighted by Crippen LogP contribution is -2.25. The number of nitrogens with one attached hydrogen (secondary N) is 1. The van der Waals surface area contributed by atoms with Crippen molar-refractivity contribution in [2.24, 2.45) is 0 Å². The molecule has 154 valence electrons. The summed E-state index contributed by atoms with van der Waals surface area (Å²) in [6, 6.07) is 15.5. The average molecular weight is 403 g/mol. The molecule has 7 heteroatoms. The van der Waals surface area contributed by atoms with E-state index in [0.29, 0.717) is 13.1 Å². The molecule has 0 fully saturated rings. The van der Waals surface area contributed by atoms with Crippen molar-refractivity contribution in [1.82, 2.24) is 18.7 Å². The van der Waals surface area contributed by atoms with Crippen LogP contribution in [0.5, 0.6) is 0 Å². The number of anilines is 1. The molecular weight excluding hydrogens is 378 g/mol. The minimum atomic E-state index is -0.117. The second kappa shape index (κ2) is 8.41. The molecule has 7 nitrogen and oxygen atoms in total. The molecule has 1 amide bonds. The van der Waals surface area contributed by atoms with Crippen LogP contribution in [-0.4, -0.2) is 24.6 Å². The predicted octanol–water partition coefficient (Wildman–Crippen LogP) is 3.40. The predicted molar refractivity (Wildman–Crippen MR) is 118 cm³/mol. The van der Waals surface area contributed by atoms with E-state index in [-0.39, 0.29) is 18.0 Å². The van der Waals surface area contributed by atoms with E-state index in [2.05, 4.69) is 14.9 Å². The van der Waals surface area contributed by atoms with Crippen molar-refractivity contribution >= 4 is 22.6 Å². The topological polar surface area (TPSA) is 73.8 Å². The van der Waals surface area contributed by atoms with E-state index in [9.17, 15) is 9.59 Å². The van der Waals surface area contributed by atoms with Gasteiger partial charge in [0, 0.05) is 44.1 Å². The standard InChI is InChI=1S/C23H25N5O2/c1-3-27-20-6-4-5-7-21(20)28(23(27)30)14-12-22(29)25-19-10-8-18(9-11-19)16-26-15-13-24-17(26)2/h4-11,13,15H,3,12,14,16H2,1-2H3,(H,25,29). The Labute approximate surface area is 174 Å². The molecule has 2 aromatic heterocycles. The smallest absolute Gasteiger partial charge is 0.329 e. The fourth-order valence-electron chi connectivity index (χ4n) is 3.69. The van der Waals surface area contributed by atoms with Crippen LogP contribution < -0.4 is 11.0 Å². The van der Waals surface area contributed by atoms with Gasteiger partial charge < -0.3 is 9.88 Å². The van der Waals surface area contributed by atoms with Crippen LogP contribution in [0.1, 0.15) is 24.7 Å². The molecule has 0 unspecified atom stereocenters. The van der Waals surface area contributed by atoms with Crippen LogP contribution in [0.2, 0.25) is 0 Å². The number of aromatic nitrogens is 4. The summed E-state index contributed by atoms with van der Waals surface area (Å²) >= 11 is 0. The molecule has 0 radical (unpaired) electrons. The van der Waals surface area contributed by atoms with Crippen molar-refractivity contribution in [3.05, 3.63) is 82.8 Å². The first-order valence-corrected chi connectivity index (χ1v) is 10.1. The number of rotatable bonds is 7. The molecule has 0 bridgehead atoms. The Hall–Kier alpha value is -3.61. The highest BCUT2D eigenvalue weighted by Crippen LogP contribution is 2.14. The van der Waals surface area contributed by atoms with E-state index in [1.54, 1.807) is 15.3 Å². The van der Waals surface area contributed by atoms with Gasteiger partial charge in [0.25, 0.3) is 0 Å². The Morgan fingerprint density at radius 2 is 1.73 bits per heavy atom. The molecule has 4 rings (SSSR count). The maximum atomic E-state index is 12.7. The van der Waals surface area contributed by atoms with E-state index in [1.165, 1.54) is 0 Å². The zero-order valence-electron chi connectivity index (χ0n) is 17.2. The summed E-state index contributed by atoms with van der Waals surface area (Å²) in [7, 11) is 0. The number of carbonyl (C=O) groups is 1. The fraction of sp³-hybridized carbons (Fsp3) is 0.261. The van der Waals surface area contributed by atoms with Crippen molar-refractivity contribution in [1.29, 1.82) is 0 Å². The molecule has 0 spiro atoms. The first-order valence-electron chi connectivity index (χ1n) is 10.1. The highest BCUT2D eigenvalue weighted by atomic mass is 16.2. The van der Waals surface area contributed by atoms with Gasteiger partial charge in [0.05, 0.1) is 11.0 Å². The summed E-state index contributed by atoms with van der Waals surface area (Å²) in [4.78, 5) is 29.3. The summed E-state index contributed by atoms with van der Waals surface area (Å²) in [5, 5.41) is 2.92. The van der Waals surface area contributed by atoms with Crippen molar-refractivity contribution in [2.75, 3.05) is 5.32 Å². The van der Waals surface area contributed by atoms with Crippen molar-refractivity contribution < 1.29 is 4.79 Å². The summed E-state index contributed by atoms with van der Waals surface area (Å²) in [5.74, 6) is 0.848. The third-order valence-electron chi connectivity index (χ3n) is 5.32. The maximum absolute atomic E-state index is 12.7. The van der Waals surface area contributed by atoms with E-state index in [0.717, 1.165) is 34.7 Å². The lowest BCUT2D eigenvalue weighted by Gasteiger charge is -2.09. The lowest BCUT2D eigenvalue weighted by atomic mass is 10.2. The van der Waals surface area contributed by atoms with Gasteiger partial charge in [-0.05, 0) is 43.7 Å². The first kappa shape index (κ1) is 19.7. The number of carbonyl (C=O) groups excluding carboxylic acids is 1. The van der Waals surface area contributed by atoms with Gasteiger partial charge in [0.15, 0.2) is 0 Å². The number of hydrogen-bond donors (Lipinski definition) is 1. The fourth-order valence-corrected chi connectivity index (χ4v) is 3.69. The zero-order chi connectivity index (χ0) is 21.1. The second-order valence-corrected chi connectivity index (χ2v) is 7.26. The quantitative estimate of drug-likeness (QED) is 0.514. The molecule has 0 saturated carbocycles. The molecule has 0 aliphatic carbocycles. The lowest BCUT2D eigenvalue weighted by molar-refractivity contribution is -0.116. The number of amides is 1. The Morgan fingerprint density at radius 1 is 1.03 bits per heavy atom. The largest absolute Gasteiger partial charge is 0.331 e. The highest BCUT2D eigenvalue weighted by Gasteiger charge is 2.13. The molecule has 0 aliphatic heterocycles. The molecule has 30 heavy (non-hydrogen) atoms. The molecule has 0 atom stereocenters. The van der Waals surface area contributed by atoms with Crippen molar-refractivity contribution in [2.45, 2.75) is 39.9 Å². The van der Waals surface area contributed by atoms with Gasteiger partial charge in [-0.3, -0.25) is 13.9 Å². The average Bonchev–Trinajstić information content (AvgIpc) is 3.27. The number of hydrogen-bond acceptors (Lipinski definition) is 3. The number of aryl methyl sites for hydroxylation is 3. The van der Waals surface area contributed by atoms with Gasteiger partial charge in [-0.2, -0.15) is 0 Å². The third-order valence-corrected chi connectivity index (χ3v) is 5.32. The highest BCUT2D eigenvalue weighted by molar-refractivity contribution is 5.90. The van der Waals surface area contributed by atoms with Crippen LogP contribution in [0.4, 0.5) is 5.69 Å². The summed E-state index contributed by atoms with van der Waals surface area (Å²) in [5.41, 5.74) is 3.55. The minimum Gasteiger partial charge on any atom is -0.331 e. The van der Waals surface area contributed by atoms with Crippen LogP contribution in [0.15, 0.2) is 65.7 Å². The molecule has 4 aromatic rings. The van der Waals surface area contributed by atoms with Crippen LogP contribution in [0, 0.1) is 6.92 Å². The zero-order valence-corrected chi connectivity index (χ0v) is 17.2. The van der Waals surface area contributed by atoms with Crippen molar-refractivity contribution in [3.8, 4) is 0 Å². The van der Waals surface area contributed by atoms with Gasteiger partial charge in [-0.1, -0.05) is 24.3 Å². The van der Waals surface area contributed by atoms with Gasteiger partial charge in [0.1, 0.15) is 5.82 Å². The molecule has 1 N–H and O–H groups in total. The minimum absolute atomic E-state index is 0.0781. The van der Waals surface area contributed by atoms with E-state index < -0.39 is 0 Å². The molecule has 2 heterocycles. The summed E-state index contributed by atoms with van der Waals surface area (Å²) in [6.07, 6.45) is 3.96. The first-order chi connectivity index (χ1) is 14.6. The van der Waals surface area contributed by atoms with Crippen LogP contribution >= 0.6 is 0 Å². The number of fused-ring (bicyclic) bond motifs is 1. The van der Waals surface area contributed by atoms with Gasteiger partial charge in [-0.25, -0.2) is 9.78 Å². The maximum Gasteiger partial charge on any atom is 0.329 e. The SMILES string of the molecule is CCn1c(=O)n(CCC(=O)Nc2ccc(Cn3ccnc3C)cc2)c2ccccc21.